The van der Waals surface area contributed by atoms with Crippen molar-refractivity contribution in [3.8, 4) is 0 Å². The molecule has 9 heteroatoms. The molecule has 0 heterocycles. The summed E-state index contributed by atoms with van der Waals surface area (Å²) in [6, 6.07) is 2.21. The summed E-state index contributed by atoms with van der Waals surface area (Å²) in [5, 5.41) is 10.4. The molecule has 0 unspecified atom stereocenters. The predicted octanol–water partition coefficient (Wildman–Crippen LogP) is 1.24. The van der Waals surface area contributed by atoms with E-state index < -0.39 is 37.9 Å². The van der Waals surface area contributed by atoms with Gasteiger partial charge in [-0.2, -0.15) is 4.39 Å². The molecule has 1 rings (SSSR count). The quantitative estimate of drug-likeness (QED) is 0.628. The minimum atomic E-state index is -4.09. The summed E-state index contributed by atoms with van der Waals surface area (Å²) in [7, 11) is -4.09. The molecule has 1 aromatic carbocycles. The number of benzene rings is 1. The lowest BCUT2D eigenvalue weighted by atomic mass is 10.1. The number of carbonyl (C=O) groups is 1. The molecule has 0 aromatic heterocycles. The van der Waals surface area contributed by atoms with Crippen LogP contribution in [-0.2, 0) is 14.8 Å². The molecular formula is C11H13FN2O5S. The van der Waals surface area contributed by atoms with Crippen LogP contribution in [-0.4, -0.2) is 25.7 Å². The summed E-state index contributed by atoms with van der Waals surface area (Å²) in [6.07, 6.45) is 0. The maximum absolute atomic E-state index is 13.4. The molecule has 1 N–H and O–H groups in total. The van der Waals surface area contributed by atoms with Crippen molar-refractivity contribution in [1.29, 1.82) is 0 Å². The first kappa shape index (κ1) is 16.2. The summed E-state index contributed by atoms with van der Waals surface area (Å²) in [5.74, 6) is -1.92. The number of carbonyl (C=O) groups excluding carboxylic acids is 1. The fourth-order valence-corrected chi connectivity index (χ4v) is 2.26. The molecule has 0 spiro atoms. The molecule has 7 nitrogen and oxygen atoms in total. The standard InChI is InChI=1S/C11H13FN2O5S/c1-7(2)11(15)6-13-20(18,19)8-3-4-10(14(16)17)9(12)5-8/h3-5,7,13H,6H2,1-2H3. The number of halogens is 1. The van der Waals surface area contributed by atoms with Crippen LogP contribution in [0, 0.1) is 21.8 Å². The third kappa shape index (κ3) is 3.81. The maximum atomic E-state index is 13.4. The lowest BCUT2D eigenvalue weighted by molar-refractivity contribution is -0.387. The normalized spacial score (nSPS) is 11.6. The minimum absolute atomic E-state index is 0.323. The maximum Gasteiger partial charge on any atom is 0.304 e. The molecule has 0 saturated carbocycles. The van der Waals surface area contributed by atoms with E-state index in [-0.39, 0.29) is 11.7 Å². The summed E-state index contributed by atoms with van der Waals surface area (Å²) >= 11 is 0. The van der Waals surface area contributed by atoms with Crippen LogP contribution >= 0.6 is 0 Å². The SMILES string of the molecule is CC(C)C(=O)CNS(=O)(=O)c1ccc([N+](=O)[O-])c(F)c1. The highest BCUT2D eigenvalue weighted by Crippen LogP contribution is 2.20. The number of nitro benzene ring substituents is 1. The van der Waals surface area contributed by atoms with Crippen molar-refractivity contribution in [2.45, 2.75) is 18.7 Å². The van der Waals surface area contributed by atoms with Crippen molar-refractivity contribution in [2.24, 2.45) is 5.92 Å². The molecule has 0 aliphatic carbocycles. The molecule has 0 aliphatic heterocycles. The summed E-state index contributed by atoms with van der Waals surface area (Å²) in [4.78, 5) is 20.3. The number of rotatable bonds is 6. The first-order chi connectivity index (χ1) is 9.15. The van der Waals surface area contributed by atoms with Crippen molar-refractivity contribution in [2.75, 3.05) is 6.54 Å². The Bertz CT molecular complexity index is 642. The number of ketones is 1. The highest BCUT2D eigenvalue weighted by atomic mass is 32.2. The minimum Gasteiger partial charge on any atom is -0.298 e. The molecule has 1 aromatic rings. The molecule has 110 valence electrons. The van der Waals surface area contributed by atoms with E-state index in [1.807, 2.05) is 4.72 Å². The van der Waals surface area contributed by atoms with E-state index in [0.29, 0.717) is 6.07 Å². The van der Waals surface area contributed by atoms with E-state index in [4.69, 9.17) is 0 Å². The van der Waals surface area contributed by atoms with E-state index in [1.165, 1.54) is 0 Å². The molecule has 20 heavy (non-hydrogen) atoms. The summed E-state index contributed by atoms with van der Waals surface area (Å²) < 4.78 is 39.0. The van der Waals surface area contributed by atoms with Gasteiger partial charge < -0.3 is 0 Å². The fraction of sp³-hybridized carbons (Fsp3) is 0.364. The van der Waals surface area contributed by atoms with Gasteiger partial charge in [-0.3, -0.25) is 14.9 Å². The van der Waals surface area contributed by atoms with Gasteiger partial charge in [0, 0.05) is 18.1 Å². The Kier molecular flexibility index (Phi) is 4.90. The van der Waals surface area contributed by atoms with Crippen LogP contribution in [0.2, 0.25) is 0 Å². The zero-order valence-corrected chi connectivity index (χ0v) is 11.6. The Morgan fingerprint density at radius 3 is 2.50 bits per heavy atom. The highest BCUT2D eigenvalue weighted by Gasteiger charge is 2.21. The first-order valence-electron chi connectivity index (χ1n) is 5.61. The van der Waals surface area contributed by atoms with Crippen LogP contribution in [0.3, 0.4) is 0 Å². The van der Waals surface area contributed by atoms with Gasteiger partial charge in [-0.15, -0.1) is 0 Å². The fourth-order valence-electron chi connectivity index (χ4n) is 1.26. The summed E-state index contributed by atoms with van der Waals surface area (Å²) in [6.45, 7) is 2.81. The Morgan fingerprint density at radius 1 is 1.45 bits per heavy atom. The molecule has 0 radical (unpaired) electrons. The molecule has 0 bridgehead atoms. The Hall–Kier alpha value is -1.87. The van der Waals surface area contributed by atoms with Gasteiger partial charge >= 0.3 is 5.69 Å². The lowest BCUT2D eigenvalue weighted by Crippen LogP contribution is -2.31. The zero-order valence-electron chi connectivity index (χ0n) is 10.8. The van der Waals surface area contributed by atoms with E-state index in [0.717, 1.165) is 12.1 Å². The smallest absolute Gasteiger partial charge is 0.298 e. The van der Waals surface area contributed by atoms with Crippen molar-refractivity contribution < 1.29 is 22.5 Å². The number of nitrogens with one attached hydrogen (secondary N) is 1. The van der Waals surface area contributed by atoms with E-state index in [9.17, 15) is 27.7 Å². The first-order valence-corrected chi connectivity index (χ1v) is 7.10. The second-order valence-corrected chi connectivity index (χ2v) is 6.08. The number of nitrogens with zero attached hydrogens (tertiary/aromatic N) is 1. The van der Waals surface area contributed by atoms with Gasteiger partial charge in [0.25, 0.3) is 0 Å². The number of sulfonamides is 1. The number of hydrogen-bond donors (Lipinski definition) is 1. The number of Topliss-reactive ketones (excluding diaryl/α,β-unsaturated/α-hetero) is 1. The van der Waals surface area contributed by atoms with Gasteiger partial charge in [0.15, 0.2) is 0 Å². The average Bonchev–Trinajstić information content (AvgIpc) is 2.35. The number of nitro groups is 1. The second kappa shape index (κ2) is 6.06. The van der Waals surface area contributed by atoms with Gasteiger partial charge in [-0.05, 0) is 6.07 Å². The lowest BCUT2D eigenvalue weighted by Gasteiger charge is -2.08. The molecule has 0 aliphatic rings. The topological polar surface area (TPSA) is 106 Å². The molecule has 0 fully saturated rings. The van der Waals surface area contributed by atoms with Crippen LogP contribution < -0.4 is 4.72 Å². The van der Waals surface area contributed by atoms with Crippen LogP contribution in [0.5, 0.6) is 0 Å². The van der Waals surface area contributed by atoms with Crippen molar-refractivity contribution >= 4 is 21.5 Å². The van der Waals surface area contributed by atoms with E-state index >= 15 is 0 Å². The third-order valence-corrected chi connectivity index (χ3v) is 3.91. The van der Waals surface area contributed by atoms with Gasteiger partial charge in [-0.25, -0.2) is 13.1 Å². The van der Waals surface area contributed by atoms with Crippen molar-refractivity contribution in [3.05, 3.63) is 34.1 Å². The van der Waals surface area contributed by atoms with E-state index in [2.05, 4.69) is 0 Å². The second-order valence-electron chi connectivity index (χ2n) is 4.32. The largest absolute Gasteiger partial charge is 0.304 e. The van der Waals surface area contributed by atoms with Crippen LogP contribution in [0.15, 0.2) is 23.1 Å². The van der Waals surface area contributed by atoms with Crippen molar-refractivity contribution in [3.63, 3.8) is 0 Å². The zero-order chi connectivity index (χ0) is 15.5. The average molecular weight is 304 g/mol. The van der Waals surface area contributed by atoms with Crippen molar-refractivity contribution in [1.82, 2.24) is 4.72 Å². The van der Waals surface area contributed by atoms with Crippen LogP contribution in [0.25, 0.3) is 0 Å². The van der Waals surface area contributed by atoms with Gasteiger partial charge in [0.2, 0.25) is 15.8 Å². The van der Waals surface area contributed by atoms with Gasteiger partial charge in [0.05, 0.1) is 16.4 Å². The van der Waals surface area contributed by atoms with E-state index in [1.54, 1.807) is 13.8 Å². The Morgan fingerprint density at radius 2 is 2.05 bits per heavy atom. The Balaban J connectivity index is 2.96. The molecule has 0 saturated heterocycles. The molecule has 0 amide bonds. The highest BCUT2D eigenvalue weighted by molar-refractivity contribution is 7.89. The third-order valence-electron chi connectivity index (χ3n) is 2.51. The Labute approximate surface area is 115 Å². The van der Waals surface area contributed by atoms with Crippen LogP contribution in [0.1, 0.15) is 13.8 Å². The molecule has 0 atom stereocenters. The van der Waals surface area contributed by atoms with Crippen LogP contribution in [0.4, 0.5) is 10.1 Å². The monoisotopic (exact) mass is 304 g/mol. The van der Waals surface area contributed by atoms with Gasteiger partial charge in [0.1, 0.15) is 5.78 Å². The van der Waals surface area contributed by atoms with Gasteiger partial charge in [-0.1, -0.05) is 13.8 Å². The molecular weight excluding hydrogens is 291 g/mol. The summed E-state index contributed by atoms with van der Waals surface area (Å²) in [5.41, 5.74) is -0.817. The predicted molar refractivity (Wildman–Crippen MR) is 68.1 cm³/mol. The number of hydrogen-bond acceptors (Lipinski definition) is 5.